The molecular weight excluding hydrogens is 280 g/mol. The number of nitrogens with one attached hydrogen (secondary N) is 1. The van der Waals surface area contributed by atoms with E-state index in [4.69, 9.17) is 0 Å². The van der Waals surface area contributed by atoms with Crippen LogP contribution in [0, 0.1) is 0 Å². The number of hydrogen-bond donors (Lipinski definition) is 1. The van der Waals surface area contributed by atoms with Gasteiger partial charge < -0.3 is 5.32 Å². The third-order valence-electron chi connectivity index (χ3n) is 3.37. The quantitative estimate of drug-likeness (QED) is 0.730. The van der Waals surface area contributed by atoms with Gasteiger partial charge in [-0.15, -0.1) is 0 Å². The average Bonchev–Trinajstić information content (AvgIpc) is 2.50. The Labute approximate surface area is 122 Å². The molecule has 1 saturated heterocycles. The van der Waals surface area contributed by atoms with Crippen LogP contribution in [0.2, 0.25) is 0 Å². The van der Waals surface area contributed by atoms with Gasteiger partial charge in [-0.25, -0.2) is 12.7 Å². The fourth-order valence-electron chi connectivity index (χ4n) is 2.09. The van der Waals surface area contributed by atoms with Crippen molar-refractivity contribution in [2.24, 2.45) is 0 Å². The second-order valence-electron chi connectivity index (χ2n) is 5.68. The molecular formula is C13H28N2O2S2. The number of rotatable bonds is 7. The van der Waals surface area contributed by atoms with Crippen LogP contribution in [0.3, 0.4) is 0 Å². The Morgan fingerprint density at radius 1 is 1.26 bits per heavy atom. The lowest BCUT2D eigenvalue weighted by atomic mass is 10.1. The molecule has 114 valence electrons. The highest BCUT2D eigenvalue weighted by Gasteiger charge is 2.29. The summed E-state index contributed by atoms with van der Waals surface area (Å²) in [5.74, 6) is 1.18. The van der Waals surface area contributed by atoms with Crippen LogP contribution >= 0.6 is 11.8 Å². The lowest BCUT2D eigenvalue weighted by Gasteiger charge is -2.22. The molecule has 6 heteroatoms. The first-order valence-electron chi connectivity index (χ1n) is 7.20. The van der Waals surface area contributed by atoms with E-state index in [-0.39, 0.29) is 10.5 Å². The van der Waals surface area contributed by atoms with Gasteiger partial charge in [-0.3, -0.25) is 0 Å². The van der Waals surface area contributed by atoms with Crippen LogP contribution in [0.15, 0.2) is 0 Å². The predicted octanol–water partition coefficient (Wildman–Crippen LogP) is 1.92. The Kier molecular flexibility index (Phi) is 7.14. The van der Waals surface area contributed by atoms with E-state index in [0.29, 0.717) is 19.5 Å². The van der Waals surface area contributed by atoms with Gasteiger partial charge in [-0.05, 0) is 32.4 Å². The van der Waals surface area contributed by atoms with Crippen molar-refractivity contribution >= 4 is 21.8 Å². The fourth-order valence-corrected chi connectivity index (χ4v) is 4.81. The minimum Gasteiger partial charge on any atom is -0.317 e. The van der Waals surface area contributed by atoms with Crippen molar-refractivity contribution in [3.63, 3.8) is 0 Å². The van der Waals surface area contributed by atoms with Gasteiger partial charge in [0.1, 0.15) is 0 Å². The van der Waals surface area contributed by atoms with Gasteiger partial charge in [-0.2, -0.15) is 11.8 Å². The molecule has 0 unspecified atom stereocenters. The Morgan fingerprint density at radius 2 is 2.00 bits per heavy atom. The largest absolute Gasteiger partial charge is 0.317 e. The molecule has 0 saturated carbocycles. The van der Waals surface area contributed by atoms with E-state index in [2.05, 4.69) is 26.1 Å². The molecule has 1 aliphatic rings. The fraction of sp³-hybridized carbons (Fsp3) is 1.00. The highest BCUT2D eigenvalue weighted by atomic mass is 32.2. The summed E-state index contributed by atoms with van der Waals surface area (Å²) < 4.78 is 26.4. The molecule has 0 spiro atoms. The topological polar surface area (TPSA) is 49.4 Å². The van der Waals surface area contributed by atoms with Gasteiger partial charge in [0.05, 0.1) is 5.75 Å². The van der Waals surface area contributed by atoms with Crippen molar-refractivity contribution < 1.29 is 8.42 Å². The molecule has 0 aromatic rings. The lowest BCUT2D eigenvalue weighted by Crippen LogP contribution is -2.36. The average molecular weight is 309 g/mol. The highest BCUT2D eigenvalue weighted by Crippen LogP contribution is 2.31. The van der Waals surface area contributed by atoms with Crippen LogP contribution in [-0.4, -0.2) is 55.2 Å². The summed E-state index contributed by atoms with van der Waals surface area (Å²) in [6.07, 6.45) is 2.73. The van der Waals surface area contributed by atoms with E-state index in [1.807, 2.05) is 11.8 Å². The maximum atomic E-state index is 12.3. The normalized spacial score (nSPS) is 21.2. The molecule has 0 bridgehead atoms. The number of hydrogen-bond acceptors (Lipinski definition) is 4. The van der Waals surface area contributed by atoms with Crippen LogP contribution in [0.5, 0.6) is 0 Å². The van der Waals surface area contributed by atoms with E-state index < -0.39 is 10.0 Å². The summed E-state index contributed by atoms with van der Waals surface area (Å²) in [6, 6.07) is 0. The van der Waals surface area contributed by atoms with Crippen molar-refractivity contribution in [2.45, 2.75) is 44.8 Å². The lowest BCUT2D eigenvalue weighted by molar-refractivity contribution is 0.414. The summed E-state index contributed by atoms with van der Waals surface area (Å²) in [7, 11) is -3.06. The zero-order valence-electron chi connectivity index (χ0n) is 12.4. The van der Waals surface area contributed by atoms with Crippen LogP contribution in [0.1, 0.15) is 40.0 Å². The van der Waals surface area contributed by atoms with Crippen LogP contribution in [-0.2, 0) is 10.0 Å². The Balaban J connectivity index is 2.39. The van der Waals surface area contributed by atoms with Gasteiger partial charge in [0.25, 0.3) is 0 Å². The molecule has 1 heterocycles. The van der Waals surface area contributed by atoms with Gasteiger partial charge in [0.15, 0.2) is 0 Å². The molecule has 0 atom stereocenters. The molecule has 1 rings (SSSR count). The molecule has 0 aliphatic carbocycles. The summed E-state index contributed by atoms with van der Waals surface area (Å²) in [5.41, 5.74) is 0. The minimum atomic E-state index is -3.06. The summed E-state index contributed by atoms with van der Waals surface area (Å²) in [4.78, 5) is 0. The van der Waals surface area contributed by atoms with Gasteiger partial charge in [0, 0.05) is 23.6 Å². The molecule has 0 radical (unpaired) electrons. The molecule has 19 heavy (non-hydrogen) atoms. The van der Waals surface area contributed by atoms with Crippen molar-refractivity contribution in [3.8, 4) is 0 Å². The monoisotopic (exact) mass is 308 g/mol. The Bertz CT molecular complexity index is 356. The summed E-state index contributed by atoms with van der Waals surface area (Å²) >= 11 is 1.88. The van der Waals surface area contributed by atoms with Crippen molar-refractivity contribution in [2.75, 3.05) is 37.7 Å². The zero-order valence-corrected chi connectivity index (χ0v) is 14.1. The molecule has 0 aromatic carbocycles. The minimum absolute atomic E-state index is 0.201. The van der Waals surface area contributed by atoms with Crippen LogP contribution in [0.4, 0.5) is 0 Å². The van der Waals surface area contributed by atoms with Crippen molar-refractivity contribution in [1.29, 1.82) is 0 Å². The van der Waals surface area contributed by atoms with Crippen molar-refractivity contribution in [1.82, 2.24) is 9.62 Å². The number of thioether (sulfide) groups is 1. The second-order valence-corrected chi connectivity index (χ2v) is 9.57. The van der Waals surface area contributed by atoms with Crippen LogP contribution in [0.25, 0.3) is 0 Å². The first kappa shape index (κ1) is 17.3. The summed E-state index contributed by atoms with van der Waals surface area (Å²) in [6.45, 7) is 9.60. The van der Waals surface area contributed by atoms with Crippen LogP contribution < -0.4 is 5.32 Å². The van der Waals surface area contributed by atoms with Gasteiger partial charge >= 0.3 is 0 Å². The molecule has 1 aliphatic heterocycles. The smallest absolute Gasteiger partial charge is 0.214 e. The number of sulfonamides is 1. The van der Waals surface area contributed by atoms with Gasteiger partial charge in [-0.1, -0.05) is 20.8 Å². The third kappa shape index (κ3) is 6.47. The Morgan fingerprint density at radius 3 is 2.68 bits per heavy atom. The first-order chi connectivity index (χ1) is 8.87. The van der Waals surface area contributed by atoms with E-state index in [0.717, 1.165) is 31.7 Å². The van der Waals surface area contributed by atoms with Crippen molar-refractivity contribution in [3.05, 3.63) is 0 Å². The molecule has 4 nitrogen and oxygen atoms in total. The van der Waals surface area contributed by atoms with E-state index in [9.17, 15) is 8.42 Å². The maximum Gasteiger partial charge on any atom is 0.214 e. The predicted molar refractivity (Wildman–Crippen MR) is 84.3 cm³/mol. The molecule has 1 fully saturated rings. The summed E-state index contributed by atoms with van der Waals surface area (Å²) in [5, 5.41) is 3.25. The molecule has 0 amide bonds. The Hall–Kier alpha value is 0.220. The van der Waals surface area contributed by atoms with E-state index >= 15 is 0 Å². The number of nitrogens with zero attached hydrogens (tertiary/aromatic N) is 1. The van der Waals surface area contributed by atoms with E-state index in [1.54, 1.807) is 4.31 Å². The molecule has 1 N–H and O–H groups in total. The highest BCUT2D eigenvalue weighted by molar-refractivity contribution is 8.00. The third-order valence-corrected chi connectivity index (χ3v) is 6.70. The SMILES string of the molecule is CCCNCCCS(=O)(=O)N1CCSC(C)(C)CC1. The first-order valence-corrected chi connectivity index (χ1v) is 9.79. The standard InChI is InChI=1S/C13H28N2O2S2/c1-4-7-14-8-5-12-19(16,17)15-9-6-13(2,3)18-11-10-15/h14H,4-12H2,1-3H3. The van der Waals surface area contributed by atoms with Gasteiger partial charge in [0.2, 0.25) is 10.0 Å². The second kappa shape index (κ2) is 7.86. The maximum absolute atomic E-state index is 12.3. The van der Waals surface area contributed by atoms with E-state index in [1.165, 1.54) is 0 Å². The molecule has 0 aromatic heterocycles. The zero-order chi connectivity index (χ0) is 14.4.